The summed E-state index contributed by atoms with van der Waals surface area (Å²) in [7, 11) is 0. The van der Waals surface area contributed by atoms with Gasteiger partial charge in [0.15, 0.2) is 0 Å². The predicted octanol–water partition coefficient (Wildman–Crippen LogP) is 5.99. The molecule has 4 aromatic rings. The molecule has 5 aliphatic heterocycles. The molecule has 0 unspecified atom stereocenters. The average Bonchev–Trinajstić information content (AvgIpc) is 3.56. The van der Waals surface area contributed by atoms with Crippen molar-refractivity contribution in [2.75, 3.05) is 55.7 Å². The third-order valence-electron chi connectivity index (χ3n) is 15.0. The van der Waals surface area contributed by atoms with Crippen LogP contribution >= 0.6 is 0 Å². The first-order chi connectivity index (χ1) is 28.8. The van der Waals surface area contributed by atoms with E-state index in [1.54, 1.807) is 4.90 Å². The molecule has 11 rings (SSSR count). The molecule has 11 nitrogen and oxygen atoms in total. The number of fused-ring (bicyclic) bond motifs is 5. The zero-order chi connectivity index (χ0) is 39.8. The van der Waals surface area contributed by atoms with Crippen molar-refractivity contribution in [2.45, 2.75) is 81.8 Å². The smallest absolute Gasteiger partial charge is 0.255 e. The Labute approximate surface area is 345 Å². The van der Waals surface area contributed by atoms with Crippen molar-refractivity contribution >= 4 is 29.2 Å². The molecule has 0 bridgehead atoms. The van der Waals surface area contributed by atoms with E-state index in [2.05, 4.69) is 80.8 Å². The summed E-state index contributed by atoms with van der Waals surface area (Å²) in [6.45, 7) is 7.11. The Balaban J connectivity index is 0.687. The number of pyridine rings is 1. The average molecular weight is 793 g/mol. The SMILES string of the molecule is O=C1CC[C@H](N2Cc3cc4c(cc3C2=O)OC[C@@H]2CN(CC3CC5(CCN(c6ccc([C@@H]7c8ccc(O)cc8CC[C@@H]7c7ccccc7)cn6)CC5)C3)CCN42)C(=O)N1. The number of piperazine rings is 1. The third kappa shape index (κ3) is 6.53. The number of amides is 3. The summed E-state index contributed by atoms with van der Waals surface area (Å²) in [4.78, 5) is 52.0. The summed E-state index contributed by atoms with van der Waals surface area (Å²) < 4.78 is 6.31. The molecule has 2 N–H and O–H groups in total. The van der Waals surface area contributed by atoms with Crippen molar-refractivity contribution in [3.8, 4) is 11.5 Å². The van der Waals surface area contributed by atoms with Gasteiger partial charge in [0, 0.05) is 69.9 Å². The molecule has 59 heavy (non-hydrogen) atoms. The summed E-state index contributed by atoms with van der Waals surface area (Å²) in [5.41, 5.74) is 8.18. The highest BCUT2D eigenvalue weighted by Crippen LogP contribution is 2.53. The lowest BCUT2D eigenvalue weighted by molar-refractivity contribution is -0.136. The maximum absolute atomic E-state index is 13.4. The van der Waals surface area contributed by atoms with E-state index in [-0.39, 0.29) is 36.1 Å². The Bertz CT molecular complexity index is 2300. The topological polar surface area (TPSA) is 119 Å². The molecule has 0 radical (unpaired) electrons. The number of aromatic nitrogens is 1. The summed E-state index contributed by atoms with van der Waals surface area (Å²) in [6.07, 6.45) is 9.78. The molecule has 7 aliphatic rings. The highest BCUT2D eigenvalue weighted by molar-refractivity contribution is 6.06. The highest BCUT2D eigenvalue weighted by atomic mass is 16.5. The van der Waals surface area contributed by atoms with Gasteiger partial charge in [-0.3, -0.25) is 24.6 Å². The number of aryl methyl sites for hydroxylation is 1. The quantitative estimate of drug-likeness (QED) is 0.227. The number of rotatable bonds is 6. The van der Waals surface area contributed by atoms with Crippen LogP contribution in [-0.2, 0) is 22.6 Å². The van der Waals surface area contributed by atoms with Gasteiger partial charge in [-0.15, -0.1) is 0 Å². The van der Waals surface area contributed by atoms with Gasteiger partial charge in [-0.05, 0) is 120 Å². The van der Waals surface area contributed by atoms with E-state index >= 15 is 0 Å². The number of benzene rings is 3. The number of hydrogen-bond acceptors (Lipinski definition) is 9. The van der Waals surface area contributed by atoms with Gasteiger partial charge in [0.1, 0.15) is 30.0 Å². The minimum atomic E-state index is -0.618. The van der Waals surface area contributed by atoms with Gasteiger partial charge in [-0.2, -0.15) is 0 Å². The number of aromatic hydroxyl groups is 1. The van der Waals surface area contributed by atoms with Crippen molar-refractivity contribution in [3.05, 3.63) is 112 Å². The van der Waals surface area contributed by atoms with Crippen LogP contribution in [0.15, 0.2) is 79.0 Å². The van der Waals surface area contributed by atoms with Crippen LogP contribution in [0.3, 0.4) is 0 Å². The monoisotopic (exact) mass is 792 g/mol. The van der Waals surface area contributed by atoms with Crippen LogP contribution < -0.4 is 19.9 Å². The second-order valence-corrected chi connectivity index (χ2v) is 18.4. The Kier molecular flexibility index (Phi) is 8.94. The summed E-state index contributed by atoms with van der Waals surface area (Å²) >= 11 is 0. The Hall–Kier alpha value is -5.42. The molecule has 6 heterocycles. The Morgan fingerprint density at radius 1 is 0.847 bits per heavy atom. The van der Waals surface area contributed by atoms with E-state index in [1.807, 2.05) is 18.2 Å². The lowest BCUT2D eigenvalue weighted by atomic mass is 9.57. The standard InChI is InChI=1S/C48H52N6O5/c55-36-8-10-38-32(20-36)6-9-37(31-4-2-1-3-5-31)45(38)33-7-12-43(49-25-33)52-16-14-48(15-17-52)23-30(24-48)26-51-18-19-53-35(28-51)29-59-42-22-39-34(21-41(42)53)27-54(47(39)58)40-11-13-44(56)50-46(40)57/h1-5,7-8,10,12,20-22,25,30,35,37,40,45,55H,6,9,11,13-19,23-24,26-29H2,(H,50,56,57)/t35-,37+,40-,45-/m0/s1. The number of phenolic OH excluding ortho intramolecular Hbond substituents is 1. The molecule has 2 aliphatic carbocycles. The second-order valence-electron chi connectivity index (χ2n) is 18.4. The van der Waals surface area contributed by atoms with Crippen LogP contribution in [0.2, 0.25) is 0 Å². The van der Waals surface area contributed by atoms with Crippen LogP contribution in [0.4, 0.5) is 11.5 Å². The van der Waals surface area contributed by atoms with Crippen LogP contribution in [0, 0.1) is 11.3 Å². The summed E-state index contributed by atoms with van der Waals surface area (Å²) in [6, 6.07) is 24.9. The summed E-state index contributed by atoms with van der Waals surface area (Å²) in [5.74, 6) is 2.65. The molecule has 3 aromatic carbocycles. The first kappa shape index (κ1) is 36.6. The minimum Gasteiger partial charge on any atom is -0.508 e. The highest BCUT2D eigenvalue weighted by Gasteiger charge is 2.47. The molecule has 3 saturated heterocycles. The van der Waals surface area contributed by atoms with Crippen LogP contribution in [0.1, 0.15) is 95.0 Å². The number of carbonyl (C=O) groups is 3. The molecule has 1 aromatic heterocycles. The molecular weight excluding hydrogens is 741 g/mol. The zero-order valence-electron chi connectivity index (χ0n) is 33.5. The maximum atomic E-state index is 13.4. The van der Waals surface area contributed by atoms with Crippen LogP contribution in [0.25, 0.3) is 0 Å². The van der Waals surface area contributed by atoms with Gasteiger partial charge in [-0.25, -0.2) is 4.98 Å². The minimum absolute atomic E-state index is 0.162. The molecule has 1 saturated carbocycles. The molecule has 4 fully saturated rings. The zero-order valence-corrected chi connectivity index (χ0v) is 33.5. The lowest BCUT2D eigenvalue weighted by Crippen LogP contribution is -2.59. The van der Waals surface area contributed by atoms with Crippen molar-refractivity contribution in [1.29, 1.82) is 0 Å². The fourth-order valence-electron chi connectivity index (χ4n) is 12.0. The summed E-state index contributed by atoms with van der Waals surface area (Å²) in [5, 5.41) is 12.6. The number of anilines is 2. The number of phenols is 1. The lowest BCUT2D eigenvalue weighted by Gasteiger charge is -2.54. The van der Waals surface area contributed by atoms with Gasteiger partial charge in [0.05, 0.1) is 11.7 Å². The number of nitrogens with zero attached hydrogens (tertiary/aromatic N) is 5. The number of piperidine rings is 2. The van der Waals surface area contributed by atoms with Gasteiger partial charge in [0.2, 0.25) is 11.8 Å². The fourth-order valence-corrected chi connectivity index (χ4v) is 12.0. The fraction of sp³-hybridized carbons (Fsp3) is 0.458. The van der Waals surface area contributed by atoms with E-state index in [4.69, 9.17) is 9.72 Å². The van der Waals surface area contributed by atoms with Gasteiger partial charge < -0.3 is 24.5 Å². The first-order valence-electron chi connectivity index (χ1n) is 21.8. The number of ether oxygens (including phenoxy) is 1. The van der Waals surface area contributed by atoms with Gasteiger partial charge in [0.25, 0.3) is 5.91 Å². The van der Waals surface area contributed by atoms with Crippen molar-refractivity contribution in [2.24, 2.45) is 11.3 Å². The molecular formula is C48H52N6O5. The molecule has 304 valence electrons. The van der Waals surface area contributed by atoms with Crippen LogP contribution in [0.5, 0.6) is 11.5 Å². The van der Waals surface area contributed by atoms with E-state index in [0.717, 1.165) is 80.8 Å². The van der Waals surface area contributed by atoms with Crippen molar-refractivity contribution in [3.63, 3.8) is 0 Å². The van der Waals surface area contributed by atoms with E-state index < -0.39 is 6.04 Å². The molecule has 1 spiro atoms. The second kappa shape index (κ2) is 14.4. The molecule has 11 heteroatoms. The Morgan fingerprint density at radius 2 is 1.69 bits per heavy atom. The van der Waals surface area contributed by atoms with E-state index in [9.17, 15) is 19.5 Å². The van der Waals surface area contributed by atoms with Crippen molar-refractivity contribution < 1.29 is 24.2 Å². The van der Waals surface area contributed by atoms with E-state index in [1.165, 1.54) is 47.9 Å². The third-order valence-corrected chi connectivity index (χ3v) is 15.0. The molecule has 4 atom stereocenters. The van der Waals surface area contributed by atoms with Crippen molar-refractivity contribution in [1.82, 2.24) is 20.1 Å². The number of carbonyl (C=O) groups excluding carboxylic acids is 3. The van der Waals surface area contributed by atoms with Gasteiger partial charge in [-0.1, -0.05) is 42.5 Å². The number of hydrogen-bond donors (Lipinski definition) is 2. The number of imide groups is 1. The number of nitrogens with one attached hydrogen (secondary N) is 1. The largest absolute Gasteiger partial charge is 0.508 e. The maximum Gasteiger partial charge on any atom is 0.255 e. The normalized spacial score (nSPS) is 26.4. The first-order valence-corrected chi connectivity index (χ1v) is 21.8. The Morgan fingerprint density at radius 3 is 2.49 bits per heavy atom. The van der Waals surface area contributed by atoms with Gasteiger partial charge >= 0.3 is 0 Å². The molecule has 3 amide bonds. The predicted molar refractivity (Wildman–Crippen MR) is 224 cm³/mol. The van der Waals surface area contributed by atoms with Crippen LogP contribution in [-0.4, -0.2) is 95.6 Å². The van der Waals surface area contributed by atoms with E-state index in [0.29, 0.717) is 42.2 Å².